The monoisotopic (exact) mass is 469 g/mol. The molecule has 2 aromatic carbocycles. The number of sulfonamides is 1. The Kier molecular flexibility index (Phi) is 6.95. The summed E-state index contributed by atoms with van der Waals surface area (Å²) in [7, 11) is -3.63. The Balaban J connectivity index is 1.29. The van der Waals surface area contributed by atoms with Gasteiger partial charge in [0, 0.05) is 23.9 Å². The molecule has 1 aromatic heterocycles. The van der Waals surface area contributed by atoms with Crippen molar-refractivity contribution < 1.29 is 17.6 Å². The third-order valence-corrected chi connectivity index (χ3v) is 7.76. The second kappa shape index (κ2) is 9.89. The van der Waals surface area contributed by atoms with Gasteiger partial charge in [-0.25, -0.2) is 17.5 Å². The molecule has 1 fully saturated rings. The van der Waals surface area contributed by atoms with E-state index in [0.29, 0.717) is 25.7 Å². The lowest BCUT2D eigenvalue weighted by molar-refractivity contribution is -0.126. The van der Waals surface area contributed by atoms with Gasteiger partial charge in [-0.3, -0.25) is 4.79 Å². The lowest BCUT2D eigenvalue weighted by Crippen LogP contribution is -2.41. The van der Waals surface area contributed by atoms with E-state index in [1.807, 2.05) is 25.3 Å². The summed E-state index contributed by atoms with van der Waals surface area (Å²) in [5.74, 6) is -0.517. The van der Waals surface area contributed by atoms with Gasteiger partial charge in [0.2, 0.25) is 15.9 Å². The molecule has 1 aliphatic carbocycles. The molecule has 1 saturated carbocycles. The molecule has 1 amide bonds. The molecule has 8 heteroatoms. The highest BCUT2D eigenvalue weighted by Crippen LogP contribution is 2.27. The summed E-state index contributed by atoms with van der Waals surface area (Å²) in [5, 5.41) is 2.99. The fourth-order valence-corrected chi connectivity index (χ4v) is 5.56. The number of rotatable bonds is 7. The number of nitrogens with one attached hydrogen (secondary N) is 3. The van der Waals surface area contributed by atoms with Gasteiger partial charge in [-0.05, 0) is 80.1 Å². The lowest BCUT2D eigenvalue weighted by Gasteiger charge is -2.29. The van der Waals surface area contributed by atoms with Crippen LogP contribution in [0.15, 0.2) is 71.8 Å². The van der Waals surface area contributed by atoms with Crippen molar-refractivity contribution in [1.29, 1.82) is 0 Å². The topological polar surface area (TPSA) is 91.1 Å². The molecule has 174 valence electrons. The van der Waals surface area contributed by atoms with Gasteiger partial charge in [0.25, 0.3) is 0 Å². The van der Waals surface area contributed by atoms with E-state index >= 15 is 0 Å². The van der Waals surface area contributed by atoms with Crippen LogP contribution in [-0.2, 0) is 14.8 Å². The van der Waals surface area contributed by atoms with E-state index < -0.39 is 10.0 Å². The minimum atomic E-state index is -3.63. The van der Waals surface area contributed by atoms with Crippen LogP contribution in [0.5, 0.6) is 0 Å². The van der Waals surface area contributed by atoms with E-state index in [0.717, 1.165) is 16.8 Å². The summed E-state index contributed by atoms with van der Waals surface area (Å²) in [5.41, 5.74) is 2.69. The molecule has 1 aliphatic rings. The molecular formula is C25H28FN3O3S. The second-order valence-corrected chi connectivity index (χ2v) is 10.3. The number of H-pyrrole nitrogens is 1. The third kappa shape index (κ3) is 5.69. The van der Waals surface area contributed by atoms with Crippen molar-refractivity contribution in [3.8, 4) is 11.3 Å². The number of aromatic nitrogens is 1. The van der Waals surface area contributed by atoms with Gasteiger partial charge in [0.1, 0.15) is 5.82 Å². The normalized spacial score (nSPS) is 19.7. The van der Waals surface area contributed by atoms with Gasteiger partial charge in [-0.2, -0.15) is 0 Å². The van der Waals surface area contributed by atoms with Crippen molar-refractivity contribution in [2.24, 2.45) is 5.92 Å². The van der Waals surface area contributed by atoms with Gasteiger partial charge in [-0.15, -0.1) is 0 Å². The number of hydrogen-bond donors (Lipinski definition) is 3. The minimum Gasteiger partial charge on any atom is -0.361 e. The Bertz CT molecular complexity index is 1170. The minimum absolute atomic E-state index is 0.0481. The summed E-state index contributed by atoms with van der Waals surface area (Å²) < 4.78 is 41.5. The van der Waals surface area contributed by atoms with E-state index in [1.165, 1.54) is 12.1 Å². The Morgan fingerprint density at radius 2 is 1.67 bits per heavy atom. The van der Waals surface area contributed by atoms with Crippen LogP contribution in [0.25, 0.3) is 11.3 Å². The number of halogens is 1. The number of amides is 1. The molecule has 3 N–H and O–H groups in total. The van der Waals surface area contributed by atoms with E-state index in [2.05, 4.69) is 15.0 Å². The summed E-state index contributed by atoms with van der Waals surface area (Å²) in [6.07, 6.45) is 4.25. The first-order valence-corrected chi connectivity index (χ1v) is 12.6. The largest absolute Gasteiger partial charge is 0.361 e. The Morgan fingerprint density at radius 1 is 1.00 bits per heavy atom. The van der Waals surface area contributed by atoms with Crippen LogP contribution >= 0.6 is 0 Å². The van der Waals surface area contributed by atoms with Crippen LogP contribution in [0.3, 0.4) is 0 Å². The van der Waals surface area contributed by atoms with E-state index in [4.69, 9.17) is 0 Å². The van der Waals surface area contributed by atoms with Gasteiger partial charge >= 0.3 is 0 Å². The number of carbonyl (C=O) groups is 1. The zero-order valence-electron chi connectivity index (χ0n) is 18.4. The maximum Gasteiger partial charge on any atom is 0.240 e. The molecule has 0 radical (unpaired) electrons. The first-order chi connectivity index (χ1) is 15.8. The molecule has 33 heavy (non-hydrogen) atoms. The molecule has 0 bridgehead atoms. The lowest BCUT2D eigenvalue weighted by atomic mass is 9.85. The fourth-order valence-electron chi connectivity index (χ4n) is 4.25. The van der Waals surface area contributed by atoms with Crippen molar-refractivity contribution in [1.82, 2.24) is 15.0 Å². The molecule has 0 unspecified atom stereocenters. The number of benzene rings is 2. The summed E-state index contributed by atoms with van der Waals surface area (Å²) >= 11 is 0. The first kappa shape index (κ1) is 23.2. The quantitative estimate of drug-likeness (QED) is 0.475. The summed E-state index contributed by atoms with van der Waals surface area (Å²) in [6.45, 7) is 1.87. The summed E-state index contributed by atoms with van der Waals surface area (Å²) in [6, 6.07) is 16.3. The highest BCUT2D eigenvalue weighted by Gasteiger charge is 2.29. The molecule has 4 rings (SSSR count). The SMILES string of the molecule is C[C@@H](NC(=O)C1CCC(NS(=O)(=O)c2ccc(-c3ccc[nH]3)cc2)CC1)c1ccc(F)cc1. The molecule has 1 atom stereocenters. The van der Waals surface area contributed by atoms with E-state index in [9.17, 15) is 17.6 Å². The Morgan fingerprint density at radius 3 is 2.27 bits per heavy atom. The van der Waals surface area contributed by atoms with Crippen LogP contribution < -0.4 is 10.0 Å². The van der Waals surface area contributed by atoms with Crippen LogP contribution in [0.4, 0.5) is 4.39 Å². The highest BCUT2D eigenvalue weighted by molar-refractivity contribution is 7.89. The molecule has 0 spiro atoms. The fraction of sp³-hybridized carbons (Fsp3) is 0.320. The Hall–Kier alpha value is -2.97. The zero-order valence-corrected chi connectivity index (χ0v) is 19.2. The van der Waals surface area contributed by atoms with Crippen LogP contribution in [0.1, 0.15) is 44.2 Å². The summed E-state index contributed by atoms with van der Waals surface area (Å²) in [4.78, 5) is 16.0. The van der Waals surface area contributed by atoms with E-state index in [1.54, 1.807) is 36.4 Å². The van der Waals surface area contributed by atoms with Crippen LogP contribution in [0.2, 0.25) is 0 Å². The van der Waals surface area contributed by atoms with Crippen LogP contribution in [0, 0.1) is 11.7 Å². The van der Waals surface area contributed by atoms with E-state index in [-0.39, 0.29) is 34.6 Å². The number of carbonyl (C=O) groups excluding carboxylic acids is 1. The van der Waals surface area contributed by atoms with Crippen molar-refractivity contribution in [3.63, 3.8) is 0 Å². The van der Waals surface area contributed by atoms with Gasteiger partial charge < -0.3 is 10.3 Å². The number of hydrogen-bond acceptors (Lipinski definition) is 3. The van der Waals surface area contributed by atoms with Crippen LogP contribution in [-0.4, -0.2) is 25.4 Å². The second-order valence-electron chi connectivity index (χ2n) is 8.56. The average Bonchev–Trinajstić information content (AvgIpc) is 3.35. The van der Waals surface area contributed by atoms with Crippen molar-refractivity contribution in [2.75, 3.05) is 0 Å². The maximum atomic E-state index is 13.1. The molecular weight excluding hydrogens is 441 g/mol. The third-order valence-electron chi connectivity index (χ3n) is 6.22. The zero-order chi connectivity index (χ0) is 23.4. The standard InChI is InChI=1S/C25H28FN3O3S/c1-17(18-4-10-21(26)11-5-18)28-25(30)20-6-12-22(13-7-20)29-33(31,32)23-14-8-19(9-15-23)24-3-2-16-27-24/h2-5,8-11,14-17,20,22,27,29H,6-7,12-13H2,1H3,(H,28,30)/t17-,20?,22?/m1/s1. The molecule has 1 heterocycles. The van der Waals surface area contributed by atoms with Gasteiger partial charge in [0.05, 0.1) is 10.9 Å². The molecule has 0 saturated heterocycles. The molecule has 6 nitrogen and oxygen atoms in total. The highest BCUT2D eigenvalue weighted by atomic mass is 32.2. The smallest absolute Gasteiger partial charge is 0.240 e. The molecule has 0 aliphatic heterocycles. The predicted octanol–water partition coefficient (Wildman–Crippen LogP) is 4.54. The van der Waals surface area contributed by atoms with Crippen molar-refractivity contribution in [2.45, 2.75) is 49.6 Å². The average molecular weight is 470 g/mol. The van der Waals surface area contributed by atoms with Gasteiger partial charge in [-0.1, -0.05) is 24.3 Å². The van der Waals surface area contributed by atoms with Crippen molar-refractivity contribution >= 4 is 15.9 Å². The molecule has 3 aromatic rings. The Labute approximate surface area is 193 Å². The maximum absolute atomic E-state index is 13.1. The predicted molar refractivity (Wildman–Crippen MR) is 125 cm³/mol. The first-order valence-electron chi connectivity index (χ1n) is 11.1. The van der Waals surface area contributed by atoms with Gasteiger partial charge in [0.15, 0.2) is 0 Å². The number of aromatic amines is 1. The van der Waals surface area contributed by atoms with Crippen molar-refractivity contribution in [3.05, 3.63) is 78.2 Å².